The molecule has 0 aliphatic carbocycles. The van der Waals surface area contributed by atoms with E-state index in [0.29, 0.717) is 43.8 Å². The van der Waals surface area contributed by atoms with Crippen LogP contribution in [0.5, 0.6) is 6.01 Å². The summed E-state index contributed by atoms with van der Waals surface area (Å²) in [6.45, 7) is 2.93. The van der Waals surface area contributed by atoms with Gasteiger partial charge in [-0.1, -0.05) is 17.7 Å². The molecule has 48 heavy (non-hydrogen) atoms. The number of nitrogens with one attached hydrogen (secondary N) is 2. The number of piperidine rings is 1. The molecule has 0 bridgehead atoms. The molecular weight excluding hydrogens is 665 g/mol. The zero-order valence-corrected chi connectivity index (χ0v) is 27.4. The number of hydrogen-bond acceptors (Lipinski definition) is 10. The summed E-state index contributed by atoms with van der Waals surface area (Å²) in [4.78, 5) is 26.0. The molecule has 4 N–H and O–H groups in total. The smallest absolute Gasteiger partial charge is 0.319 e. The molecular formula is C33H32ClF3N8O2S. The Hall–Kier alpha value is -3.90. The molecule has 250 valence electrons. The summed E-state index contributed by atoms with van der Waals surface area (Å²) in [5.74, 6) is -1.05. The van der Waals surface area contributed by atoms with Gasteiger partial charge < -0.3 is 26.0 Å². The molecule has 4 fully saturated rings. The maximum Gasteiger partial charge on any atom is 0.319 e. The average Bonchev–Trinajstić information content (AvgIpc) is 3.67. The number of alkyl halides is 1. The minimum atomic E-state index is -0.951. The van der Waals surface area contributed by atoms with Crippen LogP contribution in [0.4, 0.5) is 24.0 Å². The predicted molar refractivity (Wildman–Crippen MR) is 178 cm³/mol. The first-order valence-electron chi connectivity index (χ1n) is 16.1. The highest BCUT2D eigenvalue weighted by Gasteiger charge is 2.49. The Morgan fingerprint density at radius 2 is 2.10 bits per heavy atom. The third kappa shape index (κ3) is 5.28. The second-order valence-corrected chi connectivity index (χ2v) is 14.6. The number of carbonyl (C=O) groups excluding carboxylic acids is 1. The van der Waals surface area contributed by atoms with E-state index in [4.69, 9.17) is 27.1 Å². The van der Waals surface area contributed by atoms with Crippen molar-refractivity contribution in [3.63, 3.8) is 0 Å². The molecule has 0 saturated carbocycles. The Kier molecular flexibility index (Phi) is 7.78. The van der Waals surface area contributed by atoms with Crippen molar-refractivity contribution >= 4 is 60.7 Å². The van der Waals surface area contributed by atoms with Crippen LogP contribution in [0.3, 0.4) is 0 Å². The predicted octanol–water partition coefficient (Wildman–Crippen LogP) is 4.91. The van der Waals surface area contributed by atoms with Crippen LogP contribution < -0.4 is 26.0 Å². The zero-order valence-electron chi connectivity index (χ0n) is 25.8. The Labute approximate surface area is 283 Å². The van der Waals surface area contributed by atoms with Gasteiger partial charge in [-0.2, -0.15) is 15.2 Å². The Morgan fingerprint density at radius 1 is 1.27 bits per heavy atom. The third-order valence-corrected chi connectivity index (χ3v) is 11.4. The summed E-state index contributed by atoms with van der Waals surface area (Å²) in [5, 5.41) is 16.6. The lowest BCUT2D eigenvalue weighted by Crippen LogP contribution is -2.49. The number of amides is 1. The number of nitriles is 1. The van der Waals surface area contributed by atoms with Gasteiger partial charge >= 0.3 is 6.01 Å². The standard InChI is InChI=1S/C33H32ClF3N8O2S/c34-21-9-19-27(26(37)25(21)18-4-5-22(36)28-24(18)20(11-38)29(39)48-28)42-32(47-15-33-6-2-8-45(33)13-16(35)10-33)43-30(19)44-7-1-3-17(14-44)41-31(46)23-12-40-23/h4-5,9,16-17,23,40H,1-3,6-8,10,12-15,39H2,(H,41,46)/t16-,17-,23-,33+/m1/s1. The highest BCUT2D eigenvalue weighted by molar-refractivity contribution is 7.23. The number of carbonyl (C=O) groups is 1. The van der Waals surface area contributed by atoms with E-state index in [1.165, 1.54) is 12.1 Å². The van der Waals surface area contributed by atoms with E-state index >= 15 is 4.39 Å². The molecule has 0 radical (unpaired) electrons. The van der Waals surface area contributed by atoms with Crippen molar-refractivity contribution in [3.8, 4) is 23.2 Å². The van der Waals surface area contributed by atoms with Crippen LogP contribution in [0.25, 0.3) is 32.1 Å². The number of nitrogen functional groups attached to an aromatic ring is 1. The monoisotopic (exact) mass is 696 g/mol. The van der Waals surface area contributed by atoms with Gasteiger partial charge in [0.25, 0.3) is 0 Å². The van der Waals surface area contributed by atoms with Crippen molar-refractivity contribution < 1.29 is 22.7 Å². The number of hydrogen-bond donors (Lipinski definition) is 3. The van der Waals surface area contributed by atoms with Crippen molar-refractivity contribution in [2.75, 3.05) is 50.0 Å². The number of ether oxygens (including phenoxy) is 1. The van der Waals surface area contributed by atoms with E-state index < -0.39 is 23.3 Å². The number of nitrogens with zero attached hydrogens (tertiary/aromatic N) is 5. The van der Waals surface area contributed by atoms with Gasteiger partial charge in [0.1, 0.15) is 41.0 Å². The lowest BCUT2D eigenvalue weighted by Gasteiger charge is -2.35. The van der Waals surface area contributed by atoms with E-state index in [1.807, 2.05) is 11.0 Å². The fourth-order valence-electron chi connectivity index (χ4n) is 7.70. The second kappa shape index (κ2) is 11.9. The van der Waals surface area contributed by atoms with Crippen LogP contribution >= 0.6 is 22.9 Å². The first-order valence-corrected chi connectivity index (χ1v) is 17.3. The van der Waals surface area contributed by atoms with Crippen molar-refractivity contribution in [2.24, 2.45) is 0 Å². The summed E-state index contributed by atoms with van der Waals surface area (Å²) in [5.41, 5.74) is 5.70. The zero-order chi connectivity index (χ0) is 33.3. The number of fused-ring (bicyclic) bond motifs is 3. The first-order chi connectivity index (χ1) is 23.2. The van der Waals surface area contributed by atoms with Gasteiger partial charge in [-0.25, -0.2) is 13.2 Å². The van der Waals surface area contributed by atoms with E-state index in [1.54, 1.807) is 6.07 Å². The first kappa shape index (κ1) is 31.4. The lowest BCUT2D eigenvalue weighted by molar-refractivity contribution is -0.121. The van der Waals surface area contributed by atoms with Crippen LogP contribution in [0.15, 0.2) is 18.2 Å². The molecule has 4 aromatic rings. The molecule has 8 rings (SSSR count). The number of nitrogens with two attached hydrogens (primary N) is 1. The molecule has 1 amide bonds. The average molecular weight is 697 g/mol. The molecule has 15 heteroatoms. The maximum absolute atomic E-state index is 17.0. The fourth-order valence-corrected chi connectivity index (χ4v) is 8.95. The molecule has 10 nitrogen and oxygen atoms in total. The summed E-state index contributed by atoms with van der Waals surface area (Å²) in [6.07, 6.45) is 2.62. The van der Waals surface area contributed by atoms with Gasteiger partial charge in [0.05, 0.1) is 26.9 Å². The Morgan fingerprint density at radius 3 is 2.90 bits per heavy atom. The van der Waals surface area contributed by atoms with E-state index in [0.717, 1.165) is 43.6 Å². The molecule has 4 saturated heterocycles. The molecule has 0 spiro atoms. The van der Waals surface area contributed by atoms with Gasteiger partial charge in [0.15, 0.2) is 5.82 Å². The van der Waals surface area contributed by atoms with Crippen molar-refractivity contribution in [1.29, 1.82) is 5.26 Å². The minimum absolute atomic E-state index is 0.0159. The number of benzene rings is 2. The Balaban J connectivity index is 1.24. The number of thiophene rings is 1. The highest BCUT2D eigenvalue weighted by Crippen LogP contribution is 2.46. The molecule has 0 unspecified atom stereocenters. The summed E-state index contributed by atoms with van der Waals surface area (Å²) < 4.78 is 52.7. The van der Waals surface area contributed by atoms with E-state index in [2.05, 4.69) is 20.5 Å². The van der Waals surface area contributed by atoms with Crippen molar-refractivity contribution in [1.82, 2.24) is 25.5 Å². The van der Waals surface area contributed by atoms with Gasteiger partial charge in [-0.15, -0.1) is 11.3 Å². The van der Waals surface area contributed by atoms with E-state index in [-0.39, 0.29) is 72.9 Å². The largest absolute Gasteiger partial charge is 0.461 e. The van der Waals surface area contributed by atoms with Crippen LogP contribution in [0.1, 0.15) is 37.7 Å². The van der Waals surface area contributed by atoms with Crippen LogP contribution in [-0.2, 0) is 4.79 Å². The Bertz CT molecular complexity index is 2020. The lowest BCUT2D eigenvalue weighted by atomic mass is 9.95. The third-order valence-electron chi connectivity index (χ3n) is 10.1. The van der Waals surface area contributed by atoms with Gasteiger partial charge in [0, 0.05) is 55.0 Å². The van der Waals surface area contributed by atoms with Crippen molar-refractivity contribution in [3.05, 3.63) is 40.4 Å². The molecule has 4 atom stereocenters. The van der Waals surface area contributed by atoms with Crippen LogP contribution in [-0.4, -0.2) is 83.9 Å². The molecule has 2 aromatic heterocycles. The number of aromatic nitrogens is 2. The second-order valence-electron chi connectivity index (χ2n) is 13.1. The number of rotatable bonds is 7. The SMILES string of the molecule is N#Cc1c(N)sc2c(F)ccc(-c3c(Cl)cc4c(N5CCC[C@@H](NC(=O)[C@H]6CN6)C5)nc(OC[C@@]56CCCN5C[C@H](F)C6)nc4c3F)c12. The summed E-state index contributed by atoms with van der Waals surface area (Å²) in [7, 11) is 0. The van der Waals surface area contributed by atoms with Gasteiger partial charge in [-0.05, 0) is 49.9 Å². The highest BCUT2D eigenvalue weighted by atomic mass is 35.5. The molecule has 4 aliphatic rings. The maximum atomic E-state index is 17.0. The summed E-state index contributed by atoms with van der Waals surface area (Å²) in [6, 6.07) is 5.77. The molecule has 6 heterocycles. The molecule has 2 aromatic carbocycles. The van der Waals surface area contributed by atoms with Crippen LogP contribution in [0, 0.1) is 23.0 Å². The topological polar surface area (TPSA) is 142 Å². The van der Waals surface area contributed by atoms with Gasteiger partial charge in [0.2, 0.25) is 5.91 Å². The number of anilines is 2. The molecule has 4 aliphatic heterocycles. The number of halogens is 4. The quantitative estimate of drug-likeness (QED) is 0.230. The van der Waals surface area contributed by atoms with Crippen molar-refractivity contribution in [2.45, 2.75) is 55.9 Å². The minimum Gasteiger partial charge on any atom is -0.461 e. The van der Waals surface area contributed by atoms with Gasteiger partial charge in [-0.3, -0.25) is 9.69 Å². The fraction of sp³-hybridized carbons (Fsp3) is 0.455. The summed E-state index contributed by atoms with van der Waals surface area (Å²) >= 11 is 7.75. The van der Waals surface area contributed by atoms with E-state index in [9.17, 15) is 18.8 Å². The normalized spacial score (nSPS) is 25.4. The van der Waals surface area contributed by atoms with Crippen LogP contribution in [0.2, 0.25) is 5.02 Å².